The van der Waals surface area contributed by atoms with Crippen LogP contribution in [0, 0.1) is 0 Å². The SMILES string of the molecule is COc1ccc(NC(=O)c2cccc(N3CCCc4ccccc43)n2)cc1. The summed E-state index contributed by atoms with van der Waals surface area (Å²) in [4.78, 5) is 19.4. The van der Waals surface area contributed by atoms with Crippen LogP contribution in [0.1, 0.15) is 22.5 Å². The highest BCUT2D eigenvalue weighted by atomic mass is 16.5. The van der Waals surface area contributed by atoms with Gasteiger partial charge in [0.05, 0.1) is 7.11 Å². The first-order chi connectivity index (χ1) is 13.2. The van der Waals surface area contributed by atoms with E-state index in [0.717, 1.165) is 31.0 Å². The topological polar surface area (TPSA) is 54.5 Å². The lowest BCUT2D eigenvalue weighted by molar-refractivity contribution is 0.102. The third-order valence-electron chi connectivity index (χ3n) is 4.70. The second-order valence-electron chi connectivity index (χ2n) is 6.45. The molecule has 0 bridgehead atoms. The quantitative estimate of drug-likeness (QED) is 0.749. The summed E-state index contributed by atoms with van der Waals surface area (Å²) in [6, 6.07) is 21.2. The number of anilines is 3. The van der Waals surface area contributed by atoms with E-state index in [1.807, 2.05) is 42.5 Å². The minimum absolute atomic E-state index is 0.229. The van der Waals surface area contributed by atoms with Gasteiger partial charge in [0.15, 0.2) is 0 Å². The lowest BCUT2D eigenvalue weighted by Crippen LogP contribution is -2.26. The molecular formula is C22H21N3O2. The number of aromatic nitrogens is 1. The molecule has 0 saturated heterocycles. The highest BCUT2D eigenvalue weighted by Gasteiger charge is 2.19. The molecule has 0 atom stereocenters. The molecular weight excluding hydrogens is 338 g/mol. The average molecular weight is 359 g/mol. The van der Waals surface area contributed by atoms with Crippen LogP contribution in [0.2, 0.25) is 0 Å². The fourth-order valence-corrected chi connectivity index (χ4v) is 3.34. The molecule has 1 N–H and O–H groups in total. The molecule has 1 amide bonds. The van der Waals surface area contributed by atoms with Gasteiger partial charge in [-0.1, -0.05) is 24.3 Å². The van der Waals surface area contributed by atoms with Crippen molar-refractivity contribution in [2.24, 2.45) is 0 Å². The number of aryl methyl sites for hydroxylation is 1. The summed E-state index contributed by atoms with van der Waals surface area (Å²) >= 11 is 0. The standard InChI is InChI=1S/C22H21N3O2/c1-27-18-13-11-17(12-14-18)23-22(26)19-8-4-10-21(24-19)25-15-5-7-16-6-2-3-9-20(16)25/h2-4,6,8-14H,5,7,15H2,1H3,(H,23,26). The number of nitrogens with one attached hydrogen (secondary N) is 1. The molecule has 2 heterocycles. The van der Waals surface area contributed by atoms with Crippen LogP contribution in [0.4, 0.5) is 17.2 Å². The second kappa shape index (κ2) is 7.50. The van der Waals surface area contributed by atoms with Gasteiger partial charge in [-0.25, -0.2) is 4.98 Å². The van der Waals surface area contributed by atoms with Gasteiger partial charge in [0, 0.05) is 17.9 Å². The molecule has 0 saturated carbocycles. The summed E-state index contributed by atoms with van der Waals surface area (Å²) in [5.74, 6) is 1.31. The van der Waals surface area contributed by atoms with Gasteiger partial charge in [0.25, 0.3) is 5.91 Å². The number of hydrogen-bond donors (Lipinski definition) is 1. The molecule has 27 heavy (non-hydrogen) atoms. The fourth-order valence-electron chi connectivity index (χ4n) is 3.34. The predicted molar refractivity (Wildman–Crippen MR) is 107 cm³/mol. The first kappa shape index (κ1) is 17.1. The van der Waals surface area contributed by atoms with E-state index in [9.17, 15) is 4.79 Å². The van der Waals surface area contributed by atoms with Crippen molar-refractivity contribution in [3.63, 3.8) is 0 Å². The number of carbonyl (C=O) groups excluding carboxylic acids is 1. The van der Waals surface area contributed by atoms with Gasteiger partial charge < -0.3 is 15.0 Å². The van der Waals surface area contributed by atoms with Gasteiger partial charge in [-0.3, -0.25) is 4.79 Å². The Morgan fingerprint density at radius 1 is 1.04 bits per heavy atom. The van der Waals surface area contributed by atoms with Crippen molar-refractivity contribution in [2.45, 2.75) is 12.8 Å². The van der Waals surface area contributed by atoms with E-state index in [2.05, 4.69) is 33.4 Å². The molecule has 0 aliphatic carbocycles. The Morgan fingerprint density at radius 2 is 1.85 bits per heavy atom. The van der Waals surface area contributed by atoms with Crippen molar-refractivity contribution in [2.75, 3.05) is 23.9 Å². The lowest BCUT2D eigenvalue weighted by Gasteiger charge is -2.30. The summed E-state index contributed by atoms with van der Waals surface area (Å²) < 4.78 is 5.14. The predicted octanol–water partition coefficient (Wildman–Crippen LogP) is 4.43. The minimum Gasteiger partial charge on any atom is -0.497 e. The second-order valence-corrected chi connectivity index (χ2v) is 6.45. The van der Waals surface area contributed by atoms with E-state index in [4.69, 9.17) is 4.74 Å². The largest absolute Gasteiger partial charge is 0.497 e. The Bertz CT molecular complexity index is 954. The van der Waals surface area contributed by atoms with Crippen molar-refractivity contribution >= 4 is 23.1 Å². The molecule has 5 nitrogen and oxygen atoms in total. The van der Waals surface area contributed by atoms with Crippen molar-refractivity contribution in [3.05, 3.63) is 78.0 Å². The van der Waals surface area contributed by atoms with Crippen LogP contribution in [0.5, 0.6) is 5.75 Å². The number of methoxy groups -OCH3 is 1. The summed E-state index contributed by atoms with van der Waals surface area (Å²) in [5.41, 5.74) is 3.59. The van der Waals surface area contributed by atoms with Crippen LogP contribution in [0.15, 0.2) is 66.7 Å². The Hall–Kier alpha value is -3.34. The molecule has 0 radical (unpaired) electrons. The minimum atomic E-state index is -0.229. The number of para-hydroxylation sites is 1. The lowest BCUT2D eigenvalue weighted by atomic mass is 10.0. The van der Waals surface area contributed by atoms with Crippen LogP contribution >= 0.6 is 0 Å². The Labute approximate surface area is 158 Å². The summed E-state index contributed by atoms with van der Waals surface area (Å²) in [5, 5.41) is 2.88. The normalized spacial score (nSPS) is 13.0. The van der Waals surface area contributed by atoms with Crippen molar-refractivity contribution in [3.8, 4) is 5.75 Å². The smallest absolute Gasteiger partial charge is 0.274 e. The highest BCUT2D eigenvalue weighted by Crippen LogP contribution is 2.32. The number of carbonyl (C=O) groups is 1. The molecule has 0 unspecified atom stereocenters. The van der Waals surface area contributed by atoms with E-state index in [-0.39, 0.29) is 5.91 Å². The summed E-state index contributed by atoms with van der Waals surface area (Å²) in [6.07, 6.45) is 2.14. The number of pyridine rings is 1. The van der Waals surface area contributed by atoms with Crippen LogP contribution in [0.25, 0.3) is 0 Å². The molecule has 0 fully saturated rings. The van der Waals surface area contributed by atoms with Crippen molar-refractivity contribution in [1.29, 1.82) is 0 Å². The third-order valence-corrected chi connectivity index (χ3v) is 4.70. The number of nitrogens with zero attached hydrogens (tertiary/aromatic N) is 2. The molecule has 136 valence electrons. The molecule has 2 aromatic carbocycles. The van der Waals surface area contributed by atoms with Gasteiger partial charge in [-0.15, -0.1) is 0 Å². The monoisotopic (exact) mass is 359 g/mol. The first-order valence-electron chi connectivity index (χ1n) is 9.02. The van der Waals surface area contributed by atoms with Crippen molar-refractivity contribution in [1.82, 2.24) is 4.98 Å². The Kier molecular flexibility index (Phi) is 4.75. The zero-order valence-electron chi connectivity index (χ0n) is 15.2. The number of benzene rings is 2. The average Bonchev–Trinajstić information content (AvgIpc) is 2.74. The maximum Gasteiger partial charge on any atom is 0.274 e. The fraction of sp³-hybridized carbons (Fsp3) is 0.182. The zero-order chi connectivity index (χ0) is 18.6. The maximum atomic E-state index is 12.6. The Balaban J connectivity index is 1.56. The van der Waals surface area contributed by atoms with E-state index in [0.29, 0.717) is 11.4 Å². The van der Waals surface area contributed by atoms with Crippen LogP contribution in [0.3, 0.4) is 0 Å². The summed E-state index contributed by atoms with van der Waals surface area (Å²) in [6.45, 7) is 0.896. The number of rotatable bonds is 4. The van der Waals surface area contributed by atoms with Gasteiger partial charge >= 0.3 is 0 Å². The Morgan fingerprint density at radius 3 is 2.67 bits per heavy atom. The van der Waals surface area contributed by atoms with Crippen LogP contribution in [-0.4, -0.2) is 24.5 Å². The summed E-state index contributed by atoms with van der Waals surface area (Å²) in [7, 11) is 1.61. The van der Waals surface area contributed by atoms with Gasteiger partial charge in [0.2, 0.25) is 0 Å². The zero-order valence-corrected chi connectivity index (χ0v) is 15.2. The van der Waals surface area contributed by atoms with E-state index in [1.54, 1.807) is 13.2 Å². The molecule has 1 aliphatic heterocycles. The van der Waals surface area contributed by atoms with Gasteiger partial charge in [0.1, 0.15) is 17.3 Å². The van der Waals surface area contributed by atoms with Crippen LogP contribution < -0.4 is 15.0 Å². The molecule has 1 aliphatic rings. The third kappa shape index (κ3) is 3.62. The number of ether oxygens (including phenoxy) is 1. The number of fused-ring (bicyclic) bond motifs is 1. The van der Waals surface area contributed by atoms with Gasteiger partial charge in [-0.2, -0.15) is 0 Å². The maximum absolute atomic E-state index is 12.6. The molecule has 4 rings (SSSR count). The van der Waals surface area contributed by atoms with E-state index < -0.39 is 0 Å². The molecule has 3 aromatic rings. The molecule has 1 aromatic heterocycles. The van der Waals surface area contributed by atoms with E-state index >= 15 is 0 Å². The molecule has 5 heteroatoms. The number of hydrogen-bond acceptors (Lipinski definition) is 4. The molecule has 0 spiro atoms. The van der Waals surface area contributed by atoms with Crippen LogP contribution in [-0.2, 0) is 6.42 Å². The first-order valence-corrected chi connectivity index (χ1v) is 9.02. The highest BCUT2D eigenvalue weighted by molar-refractivity contribution is 6.03. The van der Waals surface area contributed by atoms with Gasteiger partial charge in [-0.05, 0) is 60.9 Å². The number of amides is 1. The van der Waals surface area contributed by atoms with E-state index in [1.165, 1.54) is 11.3 Å². The van der Waals surface area contributed by atoms with Crippen molar-refractivity contribution < 1.29 is 9.53 Å².